The Bertz CT molecular complexity index is 1050. The molecule has 2 aromatic carbocycles. The van der Waals surface area contributed by atoms with Gasteiger partial charge in [0.05, 0.1) is 7.11 Å². The first-order valence-corrected chi connectivity index (χ1v) is 9.71. The van der Waals surface area contributed by atoms with Crippen LogP contribution in [0.3, 0.4) is 0 Å². The molecule has 0 unspecified atom stereocenters. The Morgan fingerprint density at radius 2 is 1.96 bits per heavy atom. The van der Waals surface area contributed by atoms with Crippen LogP contribution in [0, 0.1) is 0 Å². The van der Waals surface area contributed by atoms with Crippen molar-refractivity contribution < 1.29 is 17.9 Å². The van der Waals surface area contributed by atoms with Crippen molar-refractivity contribution in [2.75, 3.05) is 19.5 Å². The van der Waals surface area contributed by atoms with Gasteiger partial charge in [-0.1, -0.05) is 30.3 Å². The van der Waals surface area contributed by atoms with Crippen molar-refractivity contribution in [3.63, 3.8) is 0 Å². The molecule has 2 N–H and O–H groups in total. The van der Waals surface area contributed by atoms with Gasteiger partial charge in [-0.05, 0) is 23.8 Å². The number of sulfonamides is 1. The molecule has 0 aliphatic carbocycles. The zero-order valence-electron chi connectivity index (χ0n) is 15.3. The van der Waals surface area contributed by atoms with Gasteiger partial charge in [-0.3, -0.25) is 10.1 Å². The van der Waals surface area contributed by atoms with E-state index in [0.29, 0.717) is 0 Å². The van der Waals surface area contributed by atoms with E-state index in [0.717, 1.165) is 5.56 Å². The lowest BCUT2D eigenvalue weighted by Crippen LogP contribution is -2.27. The smallest absolute Gasteiger partial charge is 0.258 e. The number of nitrogens with zero attached hydrogens (tertiary/aromatic N) is 3. The topological polar surface area (TPSA) is 117 Å². The lowest BCUT2D eigenvalue weighted by atomic mass is 10.2. The minimum atomic E-state index is -3.91. The van der Waals surface area contributed by atoms with Crippen molar-refractivity contribution >= 4 is 21.9 Å². The fraction of sp³-hybridized carbons (Fsp3) is 0.167. The van der Waals surface area contributed by atoms with Crippen LogP contribution in [0.25, 0.3) is 0 Å². The van der Waals surface area contributed by atoms with E-state index in [4.69, 9.17) is 4.74 Å². The van der Waals surface area contributed by atoms with Crippen LogP contribution in [-0.2, 0) is 16.6 Å². The number of nitrogens with one attached hydrogen (secondary N) is 2. The van der Waals surface area contributed by atoms with E-state index in [9.17, 15) is 13.2 Å². The number of amides is 1. The molecule has 0 aliphatic heterocycles. The van der Waals surface area contributed by atoms with Gasteiger partial charge < -0.3 is 4.74 Å². The number of methoxy groups -OCH3 is 1. The summed E-state index contributed by atoms with van der Waals surface area (Å²) in [6.45, 7) is 0.181. The third kappa shape index (κ3) is 4.18. The standard InChI is InChI=1S/C18H19N5O4S/c1-23(11-13-6-4-3-5-7-13)28(25,26)16-10-14(8-9-15(16)27-2)17(24)21-18-19-12-20-22-18/h3-10,12H,11H2,1-2H3,(H2,19,20,21,22,24). The molecule has 1 aromatic heterocycles. The molecule has 0 radical (unpaired) electrons. The van der Waals surface area contributed by atoms with Crippen molar-refractivity contribution in [1.29, 1.82) is 0 Å². The van der Waals surface area contributed by atoms with E-state index in [1.807, 2.05) is 30.3 Å². The summed E-state index contributed by atoms with van der Waals surface area (Å²) in [6, 6.07) is 13.4. The van der Waals surface area contributed by atoms with Crippen LogP contribution in [0.5, 0.6) is 5.75 Å². The van der Waals surface area contributed by atoms with Crippen LogP contribution in [0.15, 0.2) is 59.8 Å². The molecule has 0 atom stereocenters. The molecule has 3 aromatic rings. The third-order valence-electron chi connectivity index (χ3n) is 4.01. The number of hydrogen-bond donors (Lipinski definition) is 2. The molecule has 0 bridgehead atoms. The van der Waals surface area contributed by atoms with Crippen molar-refractivity contribution in [2.45, 2.75) is 11.4 Å². The summed E-state index contributed by atoms with van der Waals surface area (Å²) in [5, 5.41) is 8.66. The summed E-state index contributed by atoms with van der Waals surface area (Å²) in [6.07, 6.45) is 1.25. The SMILES string of the molecule is COc1ccc(C(=O)Nc2ncn[nH]2)cc1S(=O)(=O)N(C)Cc1ccccc1. The molecule has 0 aliphatic rings. The van der Waals surface area contributed by atoms with Gasteiger partial charge in [-0.2, -0.15) is 14.4 Å². The normalized spacial score (nSPS) is 11.4. The van der Waals surface area contributed by atoms with Crippen LogP contribution in [0.4, 0.5) is 5.95 Å². The molecule has 10 heteroatoms. The number of benzene rings is 2. The number of rotatable bonds is 7. The van der Waals surface area contributed by atoms with Gasteiger partial charge in [-0.25, -0.2) is 13.5 Å². The minimum Gasteiger partial charge on any atom is -0.495 e. The highest BCUT2D eigenvalue weighted by Crippen LogP contribution is 2.28. The highest BCUT2D eigenvalue weighted by atomic mass is 32.2. The number of H-pyrrole nitrogens is 1. The highest BCUT2D eigenvalue weighted by Gasteiger charge is 2.26. The van der Waals surface area contributed by atoms with E-state index < -0.39 is 15.9 Å². The van der Waals surface area contributed by atoms with Crippen molar-refractivity contribution in [3.8, 4) is 5.75 Å². The molecular weight excluding hydrogens is 382 g/mol. The molecule has 146 valence electrons. The molecule has 0 spiro atoms. The summed E-state index contributed by atoms with van der Waals surface area (Å²) in [4.78, 5) is 16.1. The Morgan fingerprint density at radius 3 is 2.61 bits per heavy atom. The third-order valence-corrected chi connectivity index (χ3v) is 5.83. The minimum absolute atomic E-state index is 0.0985. The summed E-state index contributed by atoms with van der Waals surface area (Å²) >= 11 is 0. The largest absolute Gasteiger partial charge is 0.495 e. The second-order valence-corrected chi connectivity index (χ2v) is 7.91. The van der Waals surface area contributed by atoms with Crippen LogP contribution < -0.4 is 10.1 Å². The molecule has 1 amide bonds. The highest BCUT2D eigenvalue weighted by molar-refractivity contribution is 7.89. The molecular formula is C18H19N5O4S. The Hall–Kier alpha value is -3.24. The molecule has 0 fully saturated rings. The monoisotopic (exact) mass is 401 g/mol. The Morgan fingerprint density at radius 1 is 1.21 bits per heavy atom. The first kappa shape index (κ1) is 19.5. The summed E-state index contributed by atoms with van der Waals surface area (Å²) in [7, 11) is -1.06. The number of aromatic nitrogens is 3. The van der Waals surface area contributed by atoms with Crippen LogP contribution in [0.1, 0.15) is 15.9 Å². The predicted octanol–water partition coefficient (Wildman–Crippen LogP) is 1.89. The molecule has 1 heterocycles. The lowest BCUT2D eigenvalue weighted by Gasteiger charge is -2.19. The number of ether oxygens (including phenoxy) is 1. The zero-order chi connectivity index (χ0) is 20.1. The first-order valence-electron chi connectivity index (χ1n) is 8.27. The van der Waals surface area contributed by atoms with Gasteiger partial charge in [0, 0.05) is 19.2 Å². The summed E-state index contributed by atoms with van der Waals surface area (Å²) < 4.78 is 32.6. The average Bonchev–Trinajstić information content (AvgIpc) is 3.21. The van der Waals surface area contributed by atoms with E-state index >= 15 is 0 Å². The van der Waals surface area contributed by atoms with Crippen LogP contribution in [-0.4, -0.2) is 48.0 Å². The maximum absolute atomic E-state index is 13.1. The van der Waals surface area contributed by atoms with Crippen molar-refractivity contribution in [1.82, 2.24) is 19.5 Å². The zero-order valence-corrected chi connectivity index (χ0v) is 16.1. The Labute approximate surface area is 162 Å². The van der Waals surface area contributed by atoms with Gasteiger partial charge in [0.15, 0.2) is 0 Å². The van der Waals surface area contributed by atoms with E-state index in [1.54, 1.807) is 0 Å². The lowest BCUT2D eigenvalue weighted by molar-refractivity contribution is 0.102. The van der Waals surface area contributed by atoms with Crippen LogP contribution in [0.2, 0.25) is 0 Å². The number of anilines is 1. The van der Waals surface area contributed by atoms with Gasteiger partial charge in [-0.15, -0.1) is 0 Å². The number of hydrogen-bond acceptors (Lipinski definition) is 6. The molecule has 0 saturated carbocycles. The fourth-order valence-electron chi connectivity index (χ4n) is 2.56. The maximum atomic E-state index is 13.1. The van der Waals surface area contributed by atoms with Gasteiger partial charge >= 0.3 is 0 Å². The van der Waals surface area contributed by atoms with Gasteiger partial charge in [0.2, 0.25) is 16.0 Å². The van der Waals surface area contributed by atoms with Gasteiger partial charge in [0.25, 0.3) is 5.91 Å². The van der Waals surface area contributed by atoms with E-state index in [2.05, 4.69) is 20.5 Å². The van der Waals surface area contributed by atoms with Crippen LogP contribution >= 0.6 is 0 Å². The quantitative estimate of drug-likeness (QED) is 0.624. The molecule has 0 saturated heterocycles. The average molecular weight is 401 g/mol. The number of carbonyl (C=O) groups excluding carboxylic acids is 1. The Kier molecular flexibility index (Phi) is 5.71. The number of carbonyl (C=O) groups is 1. The Balaban J connectivity index is 1.91. The fourth-order valence-corrected chi connectivity index (χ4v) is 3.89. The first-order chi connectivity index (χ1) is 13.4. The van der Waals surface area contributed by atoms with Crippen molar-refractivity contribution in [2.24, 2.45) is 0 Å². The van der Waals surface area contributed by atoms with E-state index in [-0.39, 0.29) is 28.7 Å². The van der Waals surface area contributed by atoms with Gasteiger partial charge in [0.1, 0.15) is 17.0 Å². The molecule has 28 heavy (non-hydrogen) atoms. The predicted molar refractivity (Wildman–Crippen MR) is 102 cm³/mol. The number of aromatic amines is 1. The molecule has 9 nitrogen and oxygen atoms in total. The van der Waals surface area contributed by atoms with Crippen molar-refractivity contribution in [3.05, 3.63) is 66.0 Å². The summed E-state index contributed by atoms with van der Waals surface area (Å²) in [5.74, 6) is -0.218. The van der Waals surface area contributed by atoms with E-state index in [1.165, 1.54) is 43.0 Å². The maximum Gasteiger partial charge on any atom is 0.258 e. The molecule has 3 rings (SSSR count). The second-order valence-electron chi connectivity index (χ2n) is 5.90. The summed E-state index contributed by atoms with van der Waals surface area (Å²) in [5.41, 5.74) is 0.982. The second kappa shape index (κ2) is 8.19.